The minimum Gasteiger partial charge on any atom is -0.508 e. The molecule has 6 fully saturated rings. The van der Waals surface area contributed by atoms with Crippen LogP contribution in [0, 0.1) is 46.3 Å². The Morgan fingerprint density at radius 2 is 1.61 bits per heavy atom. The molecule has 15 heteroatoms. The first-order chi connectivity index (χ1) is 29.0. The minimum absolute atomic E-state index is 0.0340. The number of hydrogen-bond donors (Lipinski definition) is 7. The van der Waals surface area contributed by atoms with Gasteiger partial charge < -0.3 is 69.0 Å². The highest BCUT2D eigenvalue weighted by Gasteiger charge is 2.66. The predicted molar refractivity (Wildman–Crippen MR) is 215 cm³/mol. The van der Waals surface area contributed by atoms with Gasteiger partial charge in [-0.2, -0.15) is 0 Å². The van der Waals surface area contributed by atoms with E-state index in [-0.39, 0.29) is 52.4 Å². The van der Waals surface area contributed by atoms with Crippen molar-refractivity contribution < 1.29 is 73.8 Å². The molecule has 15 nitrogen and oxygen atoms in total. The monoisotopic (exact) mass is 856 g/mol. The summed E-state index contributed by atoms with van der Waals surface area (Å²) in [6.45, 7) is 9.45. The molecular weight excluding hydrogens is 792 g/mol. The van der Waals surface area contributed by atoms with E-state index in [1.165, 1.54) is 43.0 Å². The summed E-state index contributed by atoms with van der Waals surface area (Å²) in [5.74, 6) is -0.149. The van der Waals surface area contributed by atoms with Crippen molar-refractivity contribution in [3.8, 4) is 5.75 Å². The van der Waals surface area contributed by atoms with Crippen LogP contribution in [-0.4, -0.2) is 135 Å². The normalized spacial score (nSPS) is 48.0. The molecule has 0 radical (unpaired) electrons. The molecule has 0 unspecified atom stereocenters. The Bertz CT molecular complexity index is 1820. The van der Waals surface area contributed by atoms with Crippen LogP contribution in [0.3, 0.4) is 0 Å². The van der Waals surface area contributed by atoms with Crippen LogP contribution in [0.2, 0.25) is 0 Å². The van der Waals surface area contributed by atoms with Crippen LogP contribution < -0.4 is 0 Å². The van der Waals surface area contributed by atoms with Crippen molar-refractivity contribution in [2.24, 2.45) is 46.3 Å². The number of ether oxygens (including phenoxy) is 6. The SMILES string of the molecule is CC(C)=C[C@H]1[C@@H](C)[C@H]2[C@H](C[C@H]3[C@@H]4CC=C5C[C@@H](O[C@@H]6O[C@H](CO)[C@@H](O)[C@H](O)[C@H]6O[C@@H]6O[C@@H](C)[C@H](OC(=O)c7ccc(O)cc7)[C@@H](O)[C@H]6O)CC[C@]5(C)[C@H]4CC[C@]23C=O)O[C@H]1O. The number of phenolic OH excluding ortho intramolecular Hbond substituents is 1. The summed E-state index contributed by atoms with van der Waals surface area (Å²) in [6, 6.07) is 5.33. The van der Waals surface area contributed by atoms with E-state index in [1.807, 2.05) is 13.8 Å². The Morgan fingerprint density at radius 1 is 0.885 bits per heavy atom. The van der Waals surface area contributed by atoms with Gasteiger partial charge in [0.05, 0.1) is 30.5 Å². The Labute approximate surface area is 356 Å². The summed E-state index contributed by atoms with van der Waals surface area (Å²) < 4.78 is 36.4. The van der Waals surface area contributed by atoms with Gasteiger partial charge in [-0.15, -0.1) is 0 Å². The molecule has 3 aliphatic heterocycles. The quantitative estimate of drug-likeness (QED) is 0.108. The highest BCUT2D eigenvalue weighted by Crippen LogP contribution is 2.68. The number of carbonyl (C=O) groups is 2. The van der Waals surface area contributed by atoms with Crippen molar-refractivity contribution in [2.45, 2.75) is 159 Å². The number of esters is 1. The Balaban J connectivity index is 0.957. The summed E-state index contributed by atoms with van der Waals surface area (Å²) in [7, 11) is 0. The first kappa shape index (κ1) is 44.8. The lowest BCUT2D eigenvalue weighted by molar-refractivity contribution is -0.369. The van der Waals surface area contributed by atoms with Crippen molar-refractivity contribution in [3.63, 3.8) is 0 Å². The number of carbonyl (C=O) groups excluding carboxylic acids is 2. The molecule has 0 spiro atoms. The van der Waals surface area contributed by atoms with Crippen molar-refractivity contribution >= 4 is 12.3 Å². The molecule has 21 atom stereocenters. The number of allylic oxidation sites excluding steroid dienone is 2. The van der Waals surface area contributed by atoms with E-state index >= 15 is 0 Å². The van der Waals surface area contributed by atoms with Gasteiger partial charge >= 0.3 is 5.97 Å². The predicted octanol–water partition coefficient (Wildman–Crippen LogP) is 2.90. The lowest BCUT2D eigenvalue weighted by Gasteiger charge is -2.58. The number of fused-ring (bicyclic) bond motifs is 7. The van der Waals surface area contributed by atoms with E-state index in [1.54, 1.807) is 0 Å². The van der Waals surface area contributed by atoms with E-state index < -0.39 is 91.8 Å². The third-order valence-corrected chi connectivity index (χ3v) is 15.9. The molecule has 0 aromatic heterocycles. The number of phenols is 1. The number of benzene rings is 1. The van der Waals surface area contributed by atoms with Gasteiger partial charge in [-0.05, 0) is 119 Å². The number of aliphatic hydroxyl groups is 6. The van der Waals surface area contributed by atoms with E-state index in [0.29, 0.717) is 18.8 Å². The van der Waals surface area contributed by atoms with E-state index in [0.717, 1.165) is 37.7 Å². The molecule has 7 N–H and O–H groups in total. The van der Waals surface area contributed by atoms with Gasteiger partial charge in [-0.3, -0.25) is 0 Å². The maximum atomic E-state index is 13.3. The number of aldehydes is 1. The molecule has 7 aliphatic rings. The van der Waals surface area contributed by atoms with Gasteiger partial charge in [-0.1, -0.05) is 37.1 Å². The topological polar surface area (TPSA) is 231 Å². The van der Waals surface area contributed by atoms with E-state index in [2.05, 4.69) is 26.0 Å². The van der Waals surface area contributed by atoms with Gasteiger partial charge in [0.1, 0.15) is 48.7 Å². The summed E-state index contributed by atoms with van der Waals surface area (Å²) in [6.07, 6.45) is -5.06. The van der Waals surface area contributed by atoms with Crippen LogP contribution in [0.1, 0.15) is 89.9 Å². The summed E-state index contributed by atoms with van der Waals surface area (Å²) >= 11 is 0. The van der Waals surface area contributed by atoms with Crippen LogP contribution in [0.15, 0.2) is 47.6 Å². The van der Waals surface area contributed by atoms with Crippen LogP contribution >= 0.6 is 0 Å². The number of aliphatic hydroxyl groups excluding tert-OH is 6. The molecule has 1 aromatic rings. The summed E-state index contributed by atoms with van der Waals surface area (Å²) in [5.41, 5.74) is 1.82. The Kier molecular flexibility index (Phi) is 12.7. The Hall–Kier alpha value is -2.80. The second-order valence-electron chi connectivity index (χ2n) is 19.5. The molecule has 8 rings (SSSR count). The zero-order valence-corrected chi connectivity index (χ0v) is 35.6. The average molecular weight is 857 g/mol. The maximum absolute atomic E-state index is 13.3. The van der Waals surface area contributed by atoms with Gasteiger partial charge in [-0.25, -0.2) is 4.79 Å². The van der Waals surface area contributed by atoms with Gasteiger partial charge in [0.2, 0.25) is 0 Å². The van der Waals surface area contributed by atoms with E-state index in [9.17, 15) is 45.3 Å². The molecule has 3 saturated heterocycles. The van der Waals surface area contributed by atoms with Crippen LogP contribution in [0.4, 0.5) is 0 Å². The third-order valence-electron chi connectivity index (χ3n) is 15.9. The fourth-order valence-corrected chi connectivity index (χ4v) is 12.8. The van der Waals surface area contributed by atoms with Crippen molar-refractivity contribution in [1.29, 1.82) is 0 Å². The highest BCUT2D eigenvalue weighted by atomic mass is 16.8. The van der Waals surface area contributed by atoms with Gasteiger partial charge in [0.25, 0.3) is 0 Å². The summed E-state index contributed by atoms with van der Waals surface area (Å²) in [4.78, 5) is 26.2. The third kappa shape index (κ3) is 7.83. The second-order valence-corrected chi connectivity index (χ2v) is 19.5. The minimum atomic E-state index is -1.76. The second kappa shape index (κ2) is 17.3. The molecule has 3 heterocycles. The summed E-state index contributed by atoms with van der Waals surface area (Å²) in [5, 5.41) is 75.2. The van der Waals surface area contributed by atoms with Crippen LogP contribution in [0.25, 0.3) is 0 Å². The van der Waals surface area contributed by atoms with E-state index in [4.69, 9.17) is 28.4 Å². The zero-order chi connectivity index (χ0) is 43.7. The fourth-order valence-electron chi connectivity index (χ4n) is 12.8. The molecule has 338 valence electrons. The van der Waals surface area contributed by atoms with Gasteiger partial charge in [0.15, 0.2) is 25.0 Å². The van der Waals surface area contributed by atoms with Crippen molar-refractivity contribution in [2.75, 3.05) is 6.61 Å². The van der Waals surface area contributed by atoms with Gasteiger partial charge in [0, 0.05) is 17.3 Å². The first-order valence-electron chi connectivity index (χ1n) is 22.1. The lowest BCUT2D eigenvalue weighted by Crippen LogP contribution is -2.64. The Morgan fingerprint density at radius 3 is 2.30 bits per heavy atom. The molecule has 3 saturated carbocycles. The lowest BCUT2D eigenvalue weighted by atomic mass is 9.46. The highest BCUT2D eigenvalue weighted by molar-refractivity contribution is 5.89. The molecule has 1 aromatic carbocycles. The zero-order valence-electron chi connectivity index (χ0n) is 35.6. The molecular formula is C46H64O15. The van der Waals surface area contributed by atoms with Crippen LogP contribution in [0.5, 0.6) is 5.75 Å². The number of rotatable bonds is 9. The smallest absolute Gasteiger partial charge is 0.338 e. The number of hydrogen-bond acceptors (Lipinski definition) is 15. The maximum Gasteiger partial charge on any atom is 0.338 e. The average Bonchev–Trinajstić information content (AvgIpc) is 3.57. The molecule has 0 bridgehead atoms. The fraction of sp³-hybridized carbons (Fsp3) is 0.739. The molecule has 4 aliphatic carbocycles. The first-order valence-corrected chi connectivity index (χ1v) is 22.1. The molecule has 61 heavy (non-hydrogen) atoms. The standard InChI is InChI=1S/C46H64O15/c1-21(2)16-29-22(3)34-32(58-42(29)55)18-31-28-11-8-25-17-27(12-14-45(25,5)30(28)13-15-46(31,34)20-48)57-44-40(36(51)35(50)33(19-47)59-44)61-43-38(53)37(52)39(23(4)56-43)60-41(54)24-6-9-26(49)10-7-24/h6-10,16,20,22-23,27-40,42-44,47,49-53,55H,11-15,17-19H2,1-5H3/t22-,23+,27+,28-,29+,30+,31+,32+,33-,34+,35-,36+,37+,38-,39+,40-,42-,43+,44-,45+,46-/m1/s1. The number of aromatic hydroxyl groups is 1. The van der Waals surface area contributed by atoms with Crippen molar-refractivity contribution in [3.05, 3.63) is 53.1 Å². The molecule has 0 amide bonds. The largest absolute Gasteiger partial charge is 0.508 e. The van der Waals surface area contributed by atoms with Crippen LogP contribution in [-0.2, 0) is 33.2 Å². The van der Waals surface area contributed by atoms with Crippen molar-refractivity contribution in [1.82, 2.24) is 0 Å².